The molecule has 1 unspecified atom stereocenters. The predicted molar refractivity (Wildman–Crippen MR) is 87.4 cm³/mol. The molecule has 4 nitrogen and oxygen atoms in total. The zero-order valence-electron chi connectivity index (χ0n) is 12.7. The molecule has 22 heavy (non-hydrogen) atoms. The van der Waals surface area contributed by atoms with Gasteiger partial charge in [0.2, 0.25) is 0 Å². The smallest absolute Gasteiger partial charge is 0.265 e. The minimum absolute atomic E-state index is 0.0998. The second kappa shape index (κ2) is 6.92. The first-order valence-electron chi connectivity index (χ1n) is 7.59. The van der Waals surface area contributed by atoms with E-state index in [4.69, 9.17) is 4.74 Å². The summed E-state index contributed by atoms with van der Waals surface area (Å²) in [6, 6.07) is 8.09. The van der Waals surface area contributed by atoms with Gasteiger partial charge in [-0.3, -0.25) is 9.78 Å². The Labute approximate surface area is 134 Å². The van der Waals surface area contributed by atoms with Crippen LogP contribution in [-0.4, -0.2) is 35.5 Å². The molecular formula is C17H20N2O2S. The van der Waals surface area contributed by atoms with Gasteiger partial charge >= 0.3 is 0 Å². The van der Waals surface area contributed by atoms with E-state index >= 15 is 0 Å². The molecule has 1 aromatic carbocycles. The molecule has 1 atom stereocenters. The lowest BCUT2D eigenvalue weighted by Crippen LogP contribution is -2.41. The van der Waals surface area contributed by atoms with Gasteiger partial charge in [-0.25, -0.2) is 0 Å². The van der Waals surface area contributed by atoms with Crippen molar-refractivity contribution in [2.75, 3.05) is 19.7 Å². The zero-order valence-corrected chi connectivity index (χ0v) is 13.5. The van der Waals surface area contributed by atoms with Crippen LogP contribution in [0.3, 0.4) is 0 Å². The Balaban J connectivity index is 1.55. The van der Waals surface area contributed by atoms with E-state index in [0.717, 1.165) is 36.6 Å². The van der Waals surface area contributed by atoms with E-state index in [-0.39, 0.29) is 5.91 Å². The highest BCUT2D eigenvalue weighted by atomic mass is 32.1. The molecule has 1 aliphatic heterocycles. The molecule has 0 bridgehead atoms. The molecule has 2 aromatic rings. The van der Waals surface area contributed by atoms with Gasteiger partial charge in [-0.15, -0.1) is 11.3 Å². The van der Waals surface area contributed by atoms with E-state index in [1.165, 1.54) is 16.9 Å². The number of aryl methyl sites for hydroxylation is 1. The van der Waals surface area contributed by atoms with Crippen LogP contribution in [0, 0.1) is 12.8 Å². The SMILES string of the molecule is Cc1cccc(OCC2CCCN(C(=O)c3cncs3)C2)c1. The fourth-order valence-electron chi connectivity index (χ4n) is 2.78. The van der Waals surface area contributed by atoms with Crippen LogP contribution in [0.4, 0.5) is 0 Å². The van der Waals surface area contributed by atoms with E-state index in [2.05, 4.69) is 18.0 Å². The third-order valence-electron chi connectivity index (χ3n) is 3.92. The van der Waals surface area contributed by atoms with Gasteiger partial charge in [-0.1, -0.05) is 12.1 Å². The maximum atomic E-state index is 12.4. The number of hydrogen-bond acceptors (Lipinski definition) is 4. The number of amides is 1. The number of carbonyl (C=O) groups is 1. The molecular weight excluding hydrogens is 296 g/mol. The molecule has 5 heteroatoms. The van der Waals surface area contributed by atoms with Crippen molar-refractivity contribution in [2.45, 2.75) is 19.8 Å². The summed E-state index contributed by atoms with van der Waals surface area (Å²) in [6.45, 7) is 4.32. The highest BCUT2D eigenvalue weighted by Crippen LogP contribution is 2.21. The summed E-state index contributed by atoms with van der Waals surface area (Å²) in [5.41, 5.74) is 2.90. The van der Waals surface area contributed by atoms with Gasteiger partial charge in [0.25, 0.3) is 5.91 Å². The summed E-state index contributed by atoms with van der Waals surface area (Å²) in [6.07, 6.45) is 3.80. The van der Waals surface area contributed by atoms with Crippen molar-refractivity contribution in [3.8, 4) is 5.75 Å². The van der Waals surface area contributed by atoms with Crippen molar-refractivity contribution in [3.05, 3.63) is 46.4 Å². The molecule has 1 amide bonds. The molecule has 0 saturated carbocycles. The van der Waals surface area contributed by atoms with Crippen LogP contribution in [0.1, 0.15) is 28.1 Å². The summed E-state index contributed by atoms with van der Waals surface area (Å²) < 4.78 is 5.90. The Morgan fingerprint density at radius 3 is 3.18 bits per heavy atom. The number of likely N-dealkylation sites (tertiary alicyclic amines) is 1. The lowest BCUT2D eigenvalue weighted by atomic mass is 9.99. The Morgan fingerprint density at radius 1 is 1.50 bits per heavy atom. The third kappa shape index (κ3) is 3.65. The van der Waals surface area contributed by atoms with E-state index in [9.17, 15) is 4.79 Å². The summed E-state index contributed by atoms with van der Waals surface area (Å²) in [5, 5.41) is 0. The summed E-state index contributed by atoms with van der Waals surface area (Å²) in [5.74, 6) is 1.40. The topological polar surface area (TPSA) is 42.4 Å². The minimum Gasteiger partial charge on any atom is -0.493 e. The number of piperidine rings is 1. The fourth-order valence-corrected chi connectivity index (χ4v) is 3.37. The monoisotopic (exact) mass is 316 g/mol. The summed E-state index contributed by atoms with van der Waals surface area (Å²) in [7, 11) is 0. The number of rotatable bonds is 4. The predicted octanol–water partition coefficient (Wildman–Crippen LogP) is 3.38. The van der Waals surface area contributed by atoms with Crippen LogP contribution in [0.25, 0.3) is 0 Å². The molecule has 0 spiro atoms. The normalized spacial score (nSPS) is 18.2. The second-order valence-electron chi connectivity index (χ2n) is 5.75. The first-order valence-corrected chi connectivity index (χ1v) is 8.47. The van der Waals surface area contributed by atoms with Crippen LogP contribution in [0.15, 0.2) is 36.0 Å². The van der Waals surface area contributed by atoms with Crippen LogP contribution >= 0.6 is 11.3 Å². The second-order valence-corrected chi connectivity index (χ2v) is 6.64. The highest BCUT2D eigenvalue weighted by molar-refractivity contribution is 7.11. The van der Waals surface area contributed by atoms with Crippen LogP contribution in [-0.2, 0) is 0 Å². The number of nitrogens with zero attached hydrogens (tertiary/aromatic N) is 2. The molecule has 1 aliphatic rings. The summed E-state index contributed by atoms with van der Waals surface area (Å²) in [4.78, 5) is 19.0. The first kappa shape index (κ1) is 15.0. The fraction of sp³-hybridized carbons (Fsp3) is 0.412. The van der Waals surface area contributed by atoms with Gasteiger partial charge in [0.05, 0.1) is 18.3 Å². The maximum absolute atomic E-state index is 12.4. The van der Waals surface area contributed by atoms with Crippen molar-refractivity contribution in [1.82, 2.24) is 9.88 Å². The Bertz CT molecular complexity index is 627. The Morgan fingerprint density at radius 2 is 2.41 bits per heavy atom. The average molecular weight is 316 g/mol. The molecule has 0 N–H and O–H groups in total. The molecule has 1 saturated heterocycles. The lowest BCUT2D eigenvalue weighted by Gasteiger charge is -2.32. The zero-order chi connectivity index (χ0) is 15.4. The molecule has 0 aliphatic carbocycles. The summed E-state index contributed by atoms with van der Waals surface area (Å²) >= 11 is 1.40. The minimum atomic E-state index is 0.0998. The molecule has 3 rings (SSSR count). The quantitative estimate of drug-likeness (QED) is 0.868. The number of benzene rings is 1. The molecule has 1 aromatic heterocycles. The van der Waals surface area contributed by atoms with Gasteiger partial charge in [0.1, 0.15) is 10.6 Å². The number of aromatic nitrogens is 1. The van der Waals surface area contributed by atoms with Crippen LogP contribution < -0.4 is 4.74 Å². The van der Waals surface area contributed by atoms with Gasteiger partial charge in [-0.05, 0) is 37.5 Å². The van der Waals surface area contributed by atoms with Crippen molar-refractivity contribution in [1.29, 1.82) is 0 Å². The Kier molecular flexibility index (Phi) is 4.73. The first-order chi connectivity index (χ1) is 10.7. The lowest BCUT2D eigenvalue weighted by molar-refractivity contribution is 0.0638. The third-order valence-corrected chi connectivity index (χ3v) is 4.69. The van der Waals surface area contributed by atoms with Crippen molar-refractivity contribution in [2.24, 2.45) is 5.92 Å². The van der Waals surface area contributed by atoms with E-state index in [0.29, 0.717) is 12.5 Å². The van der Waals surface area contributed by atoms with Gasteiger partial charge in [0.15, 0.2) is 0 Å². The van der Waals surface area contributed by atoms with E-state index in [1.54, 1.807) is 11.7 Å². The van der Waals surface area contributed by atoms with Crippen molar-refractivity contribution in [3.63, 3.8) is 0 Å². The van der Waals surface area contributed by atoms with Crippen LogP contribution in [0.2, 0.25) is 0 Å². The largest absolute Gasteiger partial charge is 0.493 e. The van der Waals surface area contributed by atoms with E-state index < -0.39 is 0 Å². The number of hydrogen-bond donors (Lipinski definition) is 0. The van der Waals surface area contributed by atoms with Gasteiger partial charge in [-0.2, -0.15) is 0 Å². The van der Waals surface area contributed by atoms with Gasteiger partial charge in [0, 0.05) is 19.0 Å². The van der Waals surface area contributed by atoms with Crippen molar-refractivity contribution < 1.29 is 9.53 Å². The highest BCUT2D eigenvalue weighted by Gasteiger charge is 2.25. The molecule has 0 radical (unpaired) electrons. The standard InChI is InChI=1S/C17H20N2O2S/c1-13-4-2-6-15(8-13)21-11-14-5-3-7-19(10-14)17(20)16-9-18-12-22-16/h2,4,6,8-9,12,14H,3,5,7,10-11H2,1H3. The Hall–Kier alpha value is -1.88. The van der Waals surface area contributed by atoms with Crippen LogP contribution in [0.5, 0.6) is 5.75 Å². The molecule has 1 fully saturated rings. The maximum Gasteiger partial charge on any atom is 0.265 e. The van der Waals surface area contributed by atoms with Gasteiger partial charge < -0.3 is 9.64 Å². The number of thiazole rings is 1. The molecule has 116 valence electrons. The van der Waals surface area contributed by atoms with Crippen molar-refractivity contribution >= 4 is 17.2 Å². The molecule has 2 heterocycles. The average Bonchev–Trinajstić information content (AvgIpc) is 3.07. The van der Waals surface area contributed by atoms with E-state index in [1.807, 2.05) is 23.1 Å². The number of ether oxygens (including phenoxy) is 1. The number of carbonyl (C=O) groups excluding carboxylic acids is 1.